The van der Waals surface area contributed by atoms with Crippen LogP contribution in [-0.4, -0.2) is 17.4 Å². The van der Waals surface area contributed by atoms with Crippen LogP contribution in [0.15, 0.2) is 18.2 Å². The van der Waals surface area contributed by atoms with Gasteiger partial charge in [-0.2, -0.15) is 0 Å². The van der Waals surface area contributed by atoms with Gasteiger partial charge in [0, 0.05) is 18.2 Å². The fourth-order valence-electron chi connectivity index (χ4n) is 1.25. The van der Waals surface area contributed by atoms with E-state index in [1.165, 1.54) is 0 Å². The third kappa shape index (κ3) is 4.86. The predicted molar refractivity (Wildman–Crippen MR) is 64.7 cm³/mol. The van der Waals surface area contributed by atoms with Gasteiger partial charge in [0.05, 0.1) is 4.99 Å². The topological polar surface area (TPSA) is 55.1 Å². The highest BCUT2D eigenvalue weighted by atomic mass is 32.1. The van der Waals surface area contributed by atoms with Crippen LogP contribution >= 0.6 is 12.2 Å². The van der Waals surface area contributed by atoms with Crippen LogP contribution in [0.4, 0.5) is 8.78 Å². The van der Waals surface area contributed by atoms with E-state index in [1.807, 2.05) is 0 Å². The minimum absolute atomic E-state index is 0.0437. The first-order chi connectivity index (χ1) is 7.99. The van der Waals surface area contributed by atoms with E-state index in [0.717, 1.165) is 12.1 Å². The van der Waals surface area contributed by atoms with Gasteiger partial charge in [-0.1, -0.05) is 12.2 Å². The molecule has 3 N–H and O–H groups in total. The maximum atomic E-state index is 12.8. The van der Waals surface area contributed by atoms with E-state index in [9.17, 15) is 13.6 Å². The number of nitrogens with one attached hydrogen (secondary N) is 1. The van der Waals surface area contributed by atoms with Gasteiger partial charge < -0.3 is 11.1 Å². The van der Waals surface area contributed by atoms with E-state index in [2.05, 4.69) is 17.5 Å². The van der Waals surface area contributed by atoms with Crippen LogP contribution in [0.1, 0.15) is 23.2 Å². The summed E-state index contributed by atoms with van der Waals surface area (Å²) >= 11 is 4.67. The van der Waals surface area contributed by atoms with Crippen molar-refractivity contribution in [2.75, 3.05) is 6.54 Å². The summed E-state index contributed by atoms with van der Waals surface area (Å²) in [5, 5.41) is 2.52. The standard InChI is InChI=1S/C11H12F2N2OS/c12-8-4-7(5-9(13)6-8)11(16)15-3-1-2-10(14)17/h4-6H,1-3H2,(H2,14,17)(H,15,16). The number of amides is 1. The number of benzene rings is 1. The van der Waals surface area contributed by atoms with Crippen molar-refractivity contribution in [3.05, 3.63) is 35.4 Å². The van der Waals surface area contributed by atoms with Gasteiger partial charge in [-0.05, 0) is 25.0 Å². The molecule has 0 saturated carbocycles. The number of nitrogens with two attached hydrogens (primary N) is 1. The molecule has 1 rings (SSSR count). The van der Waals surface area contributed by atoms with Gasteiger partial charge in [0.2, 0.25) is 0 Å². The zero-order valence-electron chi connectivity index (χ0n) is 9.00. The molecule has 1 aromatic carbocycles. The van der Waals surface area contributed by atoms with Crippen LogP contribution in [0.3, 0.4) is 0 Å². The summed E-state index contributed by atoms with van der Waals surface area (Å²) in [6.45, 7) is 0.355. The quantitative estimate of drug-likeness (QED) is 0.625. The second kappa shape index (κ2) is 6.24. The molecule has 92 valence electrons. The third-order valence-corrected chi connectivity index (χ3v) is 2.21. The lowest BCUT2D eigenvalue weighted by Crippen LogP contribution is -2.25. The molecule has 0 atom stereocenters. The lowest BCUT2D eigenvalue weighted by Gasteiger charge is -2.05. The average Bonchev–Trinajstić information content (AvgIpc) is 2.22. The molecule has 3 nitrogen and oxygen atoms in total. The number of rotatable bonds is 5. The highest BCUT2D eigenvalue weighted by molar-refractivity contribution is 7.80. The van der Waals surface area contributed by atoms with Crippen LogP contribution in [0.2, 0.25) is 0 Å². The van der Waals surface area contributed by atoms with Gasteiger partial charge in [0.25, 0.3) is 5.91 Å². The molecule has 1 aromatic rings. The molecule has 1 amide bonds. The molecular weight excluding hydrogens is 246 g/mol. The number of carbonyl (C=O) groups is 1. The van der Waals surface area contributed by atoms with Crippen molar-refractivity contribution in [2.45, 2.75) is 12.8 Å². The van der Waals surface area contributed by atoms with Crippen molar-refractivity contribution < 1.29 is 13.6 Å². The highest BCUT2D eigenvalue weighted by Crippen LogP contribution is 2.07. The lowest BCUT2D eigenvalue weighted by molar-refractivity contribution is 0.0952. The zero-order valence-corrected chi connectivity index (χ0v) is 9.82. The maximum absolute atomic E-state index is 12.8. The first kappa shape index (κ1) is 13.5. The summed E-state index contributed by atoms with van der Waals surface area (Å²) in [4.78, 5) is 11.9. The Labute approximate surface area is 103 Å². The summed E-state index contributed by atoms with van der Waals surface area (Å²) in [6.07, 6.45) is 1.12. The fraction of sp³-hybridized carbons (Fsp3) is 0.273. The molecule has 0 spiro atoms. The number of hydrogen-bond acceptors (Lipinski definition) is 2. The van der Waals surface area contributed by atoms with Crippen molar-refractivity contribution in [3.63, 3.8) is 0 Å². The van der Waals surface area contributed by atoms with E-state index in [0.29, 0.717) is 30.4 Å². The molecular formula is C11H12F2N2OS. The Hall–Kier alpha value is -1.56. The van der Waals surface area contributed by atoms with E-state index in [4.69, 9.17) is 5.73 Å². The second-order valence-corrected chi connectivity index (χ2v) is 4.01. The predicted octanol–water partition coefficient (Wildman–Crippen LogP) is 1.76. The van der Waals surface area contributed by atoms with Crippen LogP contribution in [-0.2, 0) is 0 Å². The minimum atomic E-state index is -0.779. The Bertz CT molecular complexity index is 417. The largest absolute Gasteiger partial charge is 0.393 e. The Kier molecular flexibility index (Phi) is 4.96. The molecule has 0 unspecified atom stereocenters. The maximum Gasteiger partial charge on any atom is 0.251 e. The van der Waals surface area contributed by atoms with Crippen LogP contribution in [0, 0.1) is 11.6 Å². The van der Waals surface area contributed by atoms with E-state index in [1.54, 1.807) is 0 Å². The van der Waals surface area contributed by atoms with Gasteiger partial charge in [0.15, 0.2) is 0 Å². The Morgan fingerprint density at radius 1 is 1.29 bits per heavy atom. The molecule has 0 aromatic heterocycles. The molecule has 0 aliphatic carbocycles. The molecule has 0 aliphatic heterocycles. The van der Waals surface area contributed by atoms with Gasteiger partial charge >= 0.3 is 0 Å². The second-order valence-electron chi connectivity index (χ2n) is 3.48. The van der Waals surface area contributed by atoms with Crippen molar-refractivity contribution in [2.24, 2.45) is 5.73 Å². The van der Waals surface area contributed by atoms with Crippen molar-refractivity contribution in [3.8, 4) is 0 Å². The number of hydrogen-bond donors (Lipinski definition) is 2. The first-order valence-corrected chi connectivity index (χ1v) is 5.42. The van der Waals surface area contributed by atoms with Crippen molar-refractivity contribution in [1.82, 2.24) is 5.32 Å². The number of thiocarbonyl (C=S) groups is 1. The lowest BCUT2D eigenvalue weighted by atomic mass is 10.2. The summed E-state index contributed by atoms with van der Waals surface area (Å²) in [6, 6.07) is 2.67. The highest BCUT2D eigenvalue weighted by Gasteiger charge is 2.08. The molecule has 0 bridgehead atoms. The van der Waals surface area contributed by atoms with Gasteiger partial charge in [-0.3, -0.25) is 4.79 Å². The Morgan fingerprint density at radius 3 is 2.41 bits per heavy atom. The normalized spacial score (nSPS) is 10.0. The van der Waals surface area contributed by atoms with Gasteiger partial charge in [-0.25, -0.2) is 8.78 Å². The smallest absolute Gasteiger partial charge is 0.251 e. The molecule has 6 heteroatoms. The Balaban J connectivity index is 2.49. The third-order valence-electron chi connectivity index (χ3n) is 2.01. The van der Waals surface area contributed by atoms with Gasteiger partial charge in [-0.15, -0.1) is 0 Å². The molecule has 0 radical (unpaired) electrons. The van der Waals surface area contributed by atoms with Crippen LogP contribution in [0.5, 0.6) is 0 Å². The van der Waals surface area contributed by atoms with Crippen molar-refractivity contribution >= 4 is 23.1 Å². The average molecular weight is 258 g/mol. The molecule has 0 fully saturated rings. The minimum Gasteiger partial charge on any atom is -0.393 e. The van der Waals surface area contributed by atoms with E-state index >= 15 is 0 Å². The summed E-state index contributed by atoms with van der Waals surface area (Å²) in [5.74, 6) is -2.08. The molecule has 0 heterocycles. The SMILES string of the molecule is NC(=S)CCCNC(=O)c1cc(F)cc(F)c1. The Morgan fingerprint density at radius 2 is 1.88 bits per heavy atom. The summed E-state index contributed by atoms with van der Waals surface area (Å²) in [7, 11) is 0. The van der Waals surface area contributed by atoms with Crippen LogP contribution < -0.4 is 11.1 Å². The first-order valence-electron chi connectivity index (χ1n) is 5.01. The van der Waals surface area contributed by atoms with Crippen LogP contribution in [0.25, 0.3) is 0 Å². The summed E-state index contributed by atoms with van der Waals surface area (Å²) in [5.41, 5.74) is 5.24. The summed E-state index contributed by atoms with van der Waals surface area (Å²) < 4.78 is 25.7. The number of carbonyl (C=O) groups excluding carboxylic acids is 1. The van der Waals surface area contributed by atoms with Gasteiger partial charge in [0.1, 0.15) is 11.6 Å². The monoisotopic (exact) mass is 258 g/mol. The molecule has 17 heavy (non-hydrogen) atoms. The van der Waals surface area contributed by atoms with E-state index < -0.39 is 17.5 Å². The van der Waals surface area contributed by atoms with Crippen molar-refractivity contribution in [1.29, 1.82) is 0 Å². The molecule has 0 aliphatic rings. The zero-order chi connectivity index (χ0) is 12.8. The molecule has 0 saturated heterocycles. The van der Waals surface area contributed by atoms with E-state index in [-0.39, 0.29) is 5.56 Å². The number of halogens is 2. The fourth-order valence-corrected chi connectivity index (χ4v) is 1.40.